The summed E-state index contributed by atoms with van der Waals surface area (Å²) in [4.78, 5) is 12.9. The van der Waals surface area contributed by atoms with Crippen molar-refractivity contribution in [1.82, 2.24) is 0 Å². The Balaban J connectivity index is 2.00. The molecule has 2 N–H and O–H groups in total. The summed E-state index contributed by atoms with van der Waals surface area (Å²) in [5, 5.41) is 0. The third kappa shape index (κ3) is 3.86. The van der Waals surface area contributed by atoms with E-state index in [1.54, 1.807) is 0 Å². The number of nitrogens with zero attached hydrogens (tertiary/aromatic N) is 1. The summed E-state index contributed by atoms with van der Waals surface area (Å²) in [5.41, 5.74) is 8.93. The SMILES string of the molecule is CCC(C)CC[N+]1(CC)CCC(C(N)=O)(c2ccccc2-c2ccccc2)C1. The number of likely N-dealkylation sites (tertiary alicyclic amines) is 1. The fraction of sp³-hybridized carbons (Fsp3) is 0.480. The minimum atomic E-state index is -0.585. The zero-order valence-corrected chi connectivity index (χ0v) is 17.7. The molecule has 0 bridgehead atoms. The number of amides is 1. The van der Waals surface area contributed by atoms with Gasteiger partial charge in [-0.05, 0) is 36.0 Å². The lowest BCUT2D eigenvalue weighted by atomic mass is 9.75. The summed E-state index contributed by atoms with van der Waals surface area (Å²) in [7, 11) is 0. The van der Waals surface area contributed by atoms with Crippen molar-refractivity contribution in [3.8, 4) is 11.1 Å². The van der Waals surface area contributed by atoms with Crippen LogP contribution in [0.4, 0.5) is 0 Å². The molecule has 3 unspecified atom stereocenters. The molecule has 1 saturated heterocycles. The van der Waals surface area contributed by atoms with Gasteiger partial charge in [0.1, 0.15) is 5.41 Å². The van der Waals surface area contributed by atoms with E-state index in [1.165, 1.54) is 12.8 Å². The fourth-order valence-electron chi connectivity index (χ4n) is 4.80. The number of hydrogen-bond donors (Lipinski definition) is 1. The Bertz CT molecular complexity index is 803. The van der Waals surface area contributed by atoms with Crippen LogP contribution in [0, 0.1) is 5.92 Å². The zero-order valence-electron chi connectivity index (χ0n) is 17.7. The first kappa shape index (κ1) is 20.6. The molecule has 1 fully saturated rings. The van der Waals surface area contributed by atoms with Crippen molar-refractivity contribution in [2.45, 2.75) is 45.4 Å². The molecule has 3 atom stereocenters. The van der Waals surface area contributed by atoms with Crippen LogP contribution >= 0.6 is 0 Å². The molecular weight excluding hydrogens is 344 g/mol. The molecule has 3 heteroatoms. The second-order valence-corrected chi connectivity index (χ2v) is 8.67. The highest BCUT2D eigenvalue weighted by molar-refractivity contribution is 5.90. The van der Waals surface area contributed by atoms with Gasteiger partial charge in [-0.2, -0.15) is 0 Å². The van der Waals surface area contributed by atoms with Crippen LogP contribution < -0.4 is 5.73 Å². The number of carbonyl (C=O) groups is 1. The minimum Gasteiger partial charge on any atom is -0.369 e. The first-order valence-corrected chi connectivity index (χ1v) is 10.8. The number of nitrogens with two attached hydrogens (primary N) is 1. The number of hydrogen-bond acceptors (Lipinski definition) is 1. The highest BCUT2D eigenvalue weighted by Gasteiger charge is 2.53. The molecule has 0 saturated carbocycles. The molecule has 0 spiro atoms. The normalized spacial score (nSPS) is 25.5. The maximum absolute atomic E-state index is 12.9. The van der Waals surface area contributed by atoms with Crippen molar-refractivity contribution >= 4 is 5.91 Å². The highest BCUT2D eigenvalue weighted by Crippen LogP contribution is 2.43. The fourth-order valence-corrected chi connectivity index (χ4v) is 4.80. The summed E-state index contributed by atoms with van der Waals surface area (Å²) in [5.74, 6) is 0.551. The molecular formula is C25H35N2O+. The Kier molecular flexibility index (Phi) is 6.24. The monoisotopic (exact) mass is 379 g/mol. The van der Waals surface area contributed by atoms with E-state index in [0.717, 1.165) is 59.7 Å². The van der Waals surface area contributed by atoms with Crippen molar-refractivity contribution in [3.63, 3.8) is 0 Å². The van der Waals surface area contributed by atoms with Crippen LogP contribution in [0.3, 0.4) is 0 Å². The van der Waals surface area contributed by atoms with Gasteiger partial charge in [-0.3, -0.25) is 4.79 Å². The van der Waals surface area contributed by atoms with Gasteiger partial charge in [-0.15, -0.1) is 0 Å². The zero-order chi connectivity index (χ0) is 20.2. The maximum Gasteiger partial charge on any atom is 0.234 e. The third-order valence-corrected chi connectivity index (χ3v) is 7.08. The van der Waals surface area contributed by atoms with Crippen molar-refractivity contribution in [3.05, 3.63) is 60.2 Å². The van der Waals surface area contributed by atoms with E-state index in [-0.39, 0.29) is 5.91 Å². The molecule has 2 aromatic rings. The first-order chi connectivity index (χ1) is 13.5. The van der Waals surface area contributed by atoms with Gasteiger partial charge in [0.25, 0.3) is 0 Å². The molecule has 1 amide bonds. The molecule has 3 rings (SSSR count). The largest absolute Gasteiger partial charge is 0.369 e. The molecule has 0 aromatic heterocycles. The highest BCUT2D eigenvalue weighted by atomic mass is 16.1. The van der Waals surface area contributed by atoms with Gasteiger partial charge in [0.15, 0.2) is 0 Å². The van der Waals surface area contributed by atoms with Crippen molar-refractivity contribution in [2.24, 2.45) is 11.7 Å². The standard InChI is InChI=1S/C25H34N2O/c1-4-20(3)15-17-27(5-2)18-16-25(19-27,24(26)28)23-14-10-9-13-22(23)21-11-7-6-8-12-21/h6-14,20H,4-5,15-19H2,1-3H3,(H-,26,28)/p+1. The lowest BCUT2D eigenvalue weighted by molar-refractivity contribution is -0.916. The summed E-state index contributed by atoms with van der Waals surface area (Å²) >= 11 is 0. The molecule has 1 aliphatic rings. The molecule has 3 nitrogen and oxygen atoms in total. The molecule has 0 radical (unpaired) electrons. The smallest absolute Gasteiger partial charge is 0.234 e. The summed E-state index contributed by atoms with van der Waals surface area (Å²) < 4.78 is 0.996. The van der Waals surface area contributed by atoms with Gasteiger partial charge in [0.2, 0.25) is 5.91 Å². The van der Waals surface area contributed by atoms with Crippen molar-refractivity contribution < 1.29 is 9.28 Å². The van der Waals surface area contributed by atoms with E-state index in [2.05, 4.69) is 63.2 Å². The van der Waals surface area contributed by atoms with Gasteiger partial charge < -0.3 is 10.2 Å². The number of likely N-dealkylation sites (N-methyl/N-ethyl adjacent to an activating group) is 1. The number of primary amides is 1. The molecule has 28 heavy (non-hydrogen) atoms. The molecule has 1 heterocycles. The average molecular weight is 380 g/mol. The third-order valence-electron chi connectivity index (χ3n) is 7.08. The molecule has 0 aliphatic carbocycles. The Morgan fingerprint density at radius 1 is 1.11 bits per heavy atom. The van der Waals surface area contributed by atoms with Crippen molar-refractivity contribution in [1.29, 1.82) is 0 Å². The van der Waals surface area contributed by atoms with Crippen LogP contribution in [0.5, 0.6) is 0 Å². The first-order valence-electron chi connectivity index (χ1n) is 10.8. The van der Waals surface area contributed by atoms with Crippen LogP contribution in [0.25, 0.3) is 11.1 Å². The summed E-state index contributed by atoms with van der Waals surface area (Å²) in [6.07, 6.45) is 3.25. The van der Waals surface area contributed by atoms with E-state index >= 15 is 0 Å². The quantitative estimate of drug-likeness (QED) is 0.661. The number of benzene rings is 2. The van der Waals surface area contributed by atoms with Crippen LogP contribution in [0.15, 0.2) is 54.6 Å². The maximum atomic E-state index is 12.9. The summed E-state index contributed by atoms with van der Waals surface area (Å²) in [6, 6.07) is 18.7. The average Bonchev–Trinajstić information content (AvgIpc) is 3.14. The number of rotatable bonds is 8. The van der Waals surface area contributed by atoms with Crippen LogP contribution in [0.1, 0.15) is 45.6 Å². The topological polar surface area (TPSA) is 43.1 Å². The lowest BCUT2D eigenvalue weighted by Gasteiger charge is -2.36. The Morgan fingerprint density at radius 2 is 1.79 bits per heavy atom. The molecule has 1 aliphatic heterocycles. The lowest BCUT2D eigenvalue weighted by Crippen LogP contribution is -2.52. The van der Waals surface area contributed by atoms with Gasteiger partial charge in [-0.25, -0.2) is 0 Å². The molecule has 2 aromatic carbocycles. The van der Waals surface area contributed by atoms with Crippen molar-refractivity contribution in [2.75, 3.05) is 26.2 Å². The van der Waals surface area contributed by atoms with E-state index in [0.29, 0.717) is 0 Å². The second-order valence-electron chi connectivity index (χ2n) is 8.67. The van der Waals surface area contributed by atoms with E-state index in [1.807, 2.05) is 12.1 Å². The predicted molar refractivity (Wildman–Crippen MR) is 117 cm³/mol. The summed E-state index contributed by atoms with van der Waals surface area (Å²) in [6.45, 7) is 10.9. The van der Waals surface area contributed by atoms with E-state index in [9.17, 15) is 4.79 Å². The number of quaternary nitrogens is 1. The Hall–Kier alpha value is -2.13. The van der Waals surface area contributed by atoms with Gasteiger partial charge in [0.05, 0.1) is 26.2 Å². The number of carbonyl (C=O) groups excluding carboxylic acids is 1. The van der Waals surface area contributed by atoms with Gasteiger partial charge >= 0.3 is 0 Å². The Labute approximate surface area is 170 Å². The second kappa shape index (κ2) is 8.48. The predicted octanol–water partition coefficient (Wildman–Crippen LogP) is 4.75. The van der Waals surface area contributed by atoms with E-state index in [4.69, 9.17) is 5.73 Å². The molecule has 150 valence electrons. The van der Waals surface area contributed by atoms with Crippen LogP contribution in [-0.4, -0.2) is 36.6 Å². The van der Waals surface area contributed by atoms with Crippen LogP contribution in [0.2, 0.25) is 0 Å². The van der Waals surface area contributed by atoms with Crippen LogP contribution in [-0.2, 0) is 10.2 Å². The van der Waals surface area contributed by atoms with Gasteiger partial charge in [-0.1, -0.05) is 74.9 Å². The van der Waals surface area contributed by atoms with E-state index < -0.39 is 5.41 Å². The minimum absolute atomic E-state index is 0.173. The Morgan fingerprint density at radius 3 is 2.43 bits per heavy atom. The van der Waals surface area contributed by atoms with Gasteiger partial charge in [0, 0.05) is 6.42 Å².